The van der Waals surface area contributed by atoms with E-state index in [0.29, 0.717) is 52.6 Å². The van der Waals surface area contributed by atoms with E-state index in [4.69, 9.17) is 10.5 Å². The number of fused-ring (bicyclic) bond motifs is 3. The van der Waals surface area contributed by atoms with Gasteiger partial charge in [-0.2, -0.15) is 13.2 Å². The number of alkyl halides is 3. The van der Waals surface area contributed by atoms with Crippen LogP contribution in [-0.4, -0.2) is 37.3 Å². The molecule has 1 atom stereocenters. The molecule has 36 heavy (non-hydrogen) atoms. The highest BCUT2D eigenvalue weighted by atomic mass is 19.4. The number of amides is 1. The van der Waals surface area contributed by atoms with E-state index in [9.17, 15) is 18.0 Å². The van der Waals surface area contributed by atoms with Crippen LogP contribution in [0.4, 0.5) is 19.0 Å². The summed E-state index contributed by atoms with van der Waals surface area (Å²) in [7, 11) is 0. The first-order valence-corrected chi connectivity index (χ1v) is 11.2. The van der Waals surface area contributed by atoms with Crippen molar-refractivity contribution in [1.29, 1.82) is 0 Å². The lowest BCUT2D eigenvalue weighted by Gasteiger charge is -2.28. The summed E-state index contributed by atoms with van der Waals surface area (Å²) in [6.45, 7) is 2.18. The van der Waals surface area contributed by atoms with E-state index in [2.05, 4.69) is 19.9 Å². The van der Waals surface area contributed by atoms with E-state index in [1.807, 2.05) is 0 Å². The molecule has 0 aliphatic carbocycles. The van der Waals surface area contributed by atoms with Crippen molar-refractivity contribution in [2.24, 2.45) is 0 Å². The molecule has 5 rings (SSSR count). The lowest BCUT2D eigenvalue weighted by Crippen LogP contribution is -2.34. The number of nitrogens with two attached hydrogens (primary N) is 1. The number of rotatable bonds is 5. The molecule has 11 heteroatoms. The molecular formula is C25H21F3N6O2. The highest BCUT2D eigenvalue weighted by molar-refractivity contribution is 6.00. The van der Waals surface area contributed by atoms with E-state index in [1.165, 1.54) is 11.0 Å². The Labute approximate surface area is 204 Å². The van der Waals surface area contributed by atoms with Gasteiger partial charge >= 0.3 is 6.18 Å². The molecule has 2 N–H and O–H groups in total. The second-order valence-electron chi connectivity index (χ2n) is 8.39. The van der Waals surface area contributed by atoms with E-state index in [1.54, 1.807) is 43.6 Å². The van der Waals surface area contributed by atoms with Gasteiger partial charge in [-0.05, 0) is 43.3 Å². The topological polar surface area (TPSA) is 107 Å². The molecule has 0 saturated carbocycles. The normalized spacial score (nSPS) is 13.8. The minimum Gasteiger partial charge on any atom is -0.492 e. The Kier molecular flexibility index (Phi) is 5.91. The van der Waals surface area contributed by atoms with Gasteiger partial charge in [0.15, 0.2) is 0 Å². The number of benzene rings is 1. The highest BCUT2D eigenvalue weighted by Crippen LogP contribution is 2.37. The summed E-state index contributed by atoms with van der Waals surface area (Å²) in [5, 5.41) is 0.666. The summed E-state index contributed by atoms with van der Waals surface area (Å²) in [4.78, 5) is 32.1. The average molecular weight is 494 g/mol. The highest BCUT2D eigenvalue weighted by Gasteiger charge is 2.31. The SMILES string of the molecule is C[C@H](c1ncccn1)N(Cc1ccc(C(F)(F)F)cn1)C(=O)c1ccc2nc(N)c3c(c2c1)OCC3. The Morgan fingerprint density at radius 3 is 2.64 bits per heavy atom. The molecule has 1 aromatic carbocycles. The fourth-order valence-electron chi connectivity index (χ4n) is 4.16. The fourth-order valence-corrected chi connectivity index (χ4v) is 4.16. The summed E-state index contributed by atoms with van der Waals surface area (Å²) in [6.07, 6.45) is 0.0110. The zero-order chi connectivity index (χ0) is 25.4. The van der Waals surface area contributed by atoms with Crippen molar-refractivity contribution in [3.05, 3.63) is 83.2 Å². The predicted molar refractivity (Wildman–Crippen MR) is 125 cm³/mol. The Hall–Kier alpha value is -4.28. The Morgan fingerprint density at radius 2 is 1.94 bits per heavy atom. The Bertz CT molecular complexity index is 1430. The lowest BCUT2D eigenvalue weighted by atomic mass is 10.0. The molecule has 0 unspecified atom stereocenters. The van der Waals surface area contributed by atoms with Crippen LogP contribution in [0, 0.1) is 0 Å². The quantitative estimate of drug-likeness (QED) is 0.439. The van der Waals surface area contributed by atoms with E-state index >= 15 is 0 Å². The van der Waals surface area contributed by atoms with Gasteiger partial charge in [0, 0.05) is 41.5 Å². The van der Waals surface area contributed by atoms with E-state index in [-0.39, 0.29) is 12.5 Å². The average Bonchev–Trinajstić information content (AvgIpc) is 3.38. The standard InChI is InChI=1S/C25H21F3N6O2/c1-14(23-30-8-2-9-31-23)34(13-17-5-4-16(12-32-17)25(26,27)28)24(35)15-3-6-20-19(11-15)21-18(7-10-36-21)22(29)33-20/h2-6,8-9,11-12,14H,7,10,13H2,1H3,(H2,29,33)/t14-/m1/s1. The summed E-state index contributed by atoms with van der Waals surface area (Å²) in [6, 6.07) is 8.29. The molecule has 0 saturated heterocycles. The monoisotopic (exact) mass is 494 g/mol. The number of carbonyl (C=O) groups excluding carboxylic acids is 1. The number of nitrogen functional groups attached to an aromatic ring is 1. The van der Waals surface area contributed by atoms with Crippen molar-refractivity contribution < 1.29 is 22.7 Å². The molecule has 184 valence electrons. The van der Waals surface area contributed by atoms with Crippen molar-refractivity contribution in [2.45, 2.75) is 32.1 Å². The molecular weight excluding hydrogens is 473 g/mol. The third kappa shape index (κ3) is 4.39. The van der Waals surface area contributed by atoms with Crippen molar-refractivity contribution in [3.63, 3.8) is 0 Å². The van der Waals surface area contributed by atoms with Gasteiger partial charge in [0.1, 0.15) is 17.4 Å². The minimum absolute atomic E-state index is 0.0526. The van der Waals surface area contributed by atoms with Crippen LogP contribution in [0.3, 0.4) is 0 Å². The van der Waals surface area contributed by atoms with Crippen molar-refractivity contribution in [3.8, 4) is 5.75 Å². The third-order valence-corrected chi connectivity index (χ3v) is 6.08. The van der Waals surface area contributed by atoms with Crippen molar-refractivity contribution >= 4 is 22.6 Å². The zero-order valence-electron chi connectivity index (χ0n) is 19.2. The largest absolute Gasteiger partial charge is 0.492 e. The maximum atomic E-state index is 13.8. The smallest absolute Gasteiger partial charge is 0.417 e. The number of halogens is 3. The molecule has 4 heterocycles. The van der Waals surface area contributed by atoms with Gasteiger partial charge in [0.05, 0.1) is 36.0 Å². The second kappa shape index (κ2) is 9.06. The van der Waals surface area contributed by atoms with Gasteiger partial charge in [-0.25, -0.2) is 15.0 Å². The van der Waals surface area contributed by atoms with E-state index in [0.717, 1.165) is 17.8 Å². The lowest BCUT2D eigenvalue weighted by molar-refractivity contribution is -0.137. The maximum absolute atomic E-state index is 13.8. The van der Waals surface area contributed by atoms with Crippen LogP contribution < -0.4 is 10.5 Å². The molecule has 1 amide bonds. The number of carbonyl (C=O) groups is 1. The third-order valence-electron chi connectivity index (χ3n) is 6.08. The molecule has 1 aliphatic rings. The van der Waals surface area contributed by atoms with Crippen LogP contribution in [0.1, 0.15) is 46.0 Å². The van der Waals surface area contributed by atoms with Crippen molar-refractivity contribution in [1.82, 2.24) is 24.8 Å². The van der Waals surface area contributed by atoms with Gasteiger partial charge in [-0.1, -0.05) is 0 Å². The molecule has 0 spiro atoms. The summed E-state index contributed by atoms with van der Waals surface area (Å²) >= 11 is 0. The minimum atomic E-state index is -4.50. The van der Waals surface area contributed by atoms with Crippen LogP contribution in [0.25, 0.3) is 10.9 Å². The van der Waals surface area contributed by atoms with Crippen LogP contribution in [0.15, 0.2) is 55.0 Å². The van der Waals surface area contributed by atoms with Crippen LogP contribution in [0.5, 0.6) is 5.75 Å². The Balaban J connectivity index is 1.53. The maximum Gasteiger partial charge on any atom is 0.417 e. The summed E-state index contributed by atoms with van der Waals surface area (Å²) in [5.41, 5.74) is 7.24. The number of nitrogens with zero attached hydrogens (tertiary/aromatic N) is 5. The van der Waals surface area contributed by atoms with Crippen LogP contribution in [0.2, 0.25) is 0 Å². The number of pyridine rings is 2. The molecule has 3 aromatic heterocycles. The number of anilines is 1. The number of aromatic nitrogens is 4. The molecule has 8 nitrogen and oxygen atoms in total. The first kappa shape index (κ1) is 23.5. The first-order valence-electron chi connectivity index (χ1n) is 11.2. The molecule has 4 aromatic rings. The summed E-state index contributed by atoms with van der Waals surface area (Å²) < 4.78 is 44.7. The van der Waals surface area contributed by atoms with Crippen LogP contribution >= 0.6 is 0 Å². The fraction of sp³-hybridized carbons (Fsp3) is 0.240. The number of hydrogen-bond acceptors (Lipinski definition) is 7. The van der Waals surface area contributed by atoms with Gasteiger partial charge in [0.2, 0.25) is 0 Å². The number of hydrogen-bond donors (Lipinski definition) is 1. The Morgan fingerprint density at radius 1 is 1.17 bits per heavy atom. The van der Waals surface area contributed by atoms with E-state index < -0.39 is 17.8 Å². The van der Waals surface area contributed by atoms with Crippen LogP contribution in [-0.2, 0) is 19.1 Å². The van der Waals surface area contributed by atoms with Gasteiger partial charge < -0.3 is 15.4 Å². The molecule has 0 radical (unpaired) electrons. The second-order valence-corrected chi connectivity index (χ2v) is 8.39. The van der Waals surface area contributed by atoms with Crippen molar-refractivity contribution in [2.75, 3.05) is 12.3 Å². The first-order chi connectivity index (χ1) is 17.2. The van der Waals surface area contributed by atoms with Gasteiger partial charge in [-0.3, -0.25) is 9.78 Å². The predicted octanol–water partition coefficient (Wildman–Crippen LogP) is 4.36. The molecule has 1 aliphatic heterocycles. The number of ether oxygens (including phenoxy) is 1. The molecule has 0 fully saturated rings. The molecule has 0 bridgehead atoms. The van der Waals surface area contributed by atoms with Gasteiger partial charge in [0.25, 0.3) is 5.91 Å². The van der Waals surface area contributed by atoms with Gasteiger partial charge in [-0.15, -0.1) is 0 Å². The zero-order valence-corrected chi connectivity index (χ0v) is 19.2. The summed E-state index contributed by atoms with van der Waals surface area (Å²) in [5.74, 6) is 1.03.